The smallest absolute Gasteiger partial charge is 0.317 e. The van der Waals surface area contributed by atoms with Crippen LogP contribution in [0.3, 0.4) is 0 Å². The van der Waals surface area contributed by atoms with Crippen LogP contribution in [0.25, 0.3) is 0 Å². The fourth-order valence-corrected chi connectivity index (χ4v) is 3.84. The van der Waals surface area contributed by atoms with E-state index in [9.17, 15) is 13.6 Å². The number of piperidine rings is 1. The molecule has 0 bridgehead atoms. The highest BCUT2D eigenvalue weighted by Crippen LogP contribution is 2.20. The third kappa shape index (κ3) is 7.01. The summed E-state index contributed by atoms with van der Waals surface area (Å²) in [5.74, 6) is -0.891. The maximum atomic E-state index is 14.2. The summed E-state index contributed by atoms with van der Waals surface area (Å²) in [4.78, 5) is 16.9. The number of hydrogen-bond acceptors (Lipinski definition) is 3. The highest BCUT2D eigenvalue weighted by molar-refractivity contribution is 5.74. The molecule has 1 fully saturated rings. The molecular weight excluding hydrogens is 400 g/mol. The van der Waals surface area contributed by atoms with E-state index in [1.54, 1.807) is 12.0 Å². The number of carbonyl (C=O) groups is 1. The third-order valence-electron chi connectivity index (χ3n) is 5.76. The fourth-order valence-electron chi connectivity index (χ4n) is 3.84. The molecular formula is C24H31F2N3O2. The van der Waals surface area contributed by atoms with Crippen LogP contribution in [0.4, 0.5) is 13.6 Å². The molecule has 0 radical (unpaired) electrons. The number of nitrogens with one attached hydrogen (secondary N) is 1. The summed E-state index contributed by atoms with van der Waals surface area (Å²) < 4.78 is 32.6. The molecule has 2 aromatic rings. The van der Waals surface area contributed by atoms with Gasteiger partial charge in [0.25, 0.3) is 0 Å². The fraction of sp³-hybridized carbons (Fsp3) is 0.458. The standard InChI is InChI=1S/C24H31F2N3O2/c1-28-11-9-19(10-12-28)15-29(16-21-7-8-22(25)13-23(21)26)24(30)27-14-18-3-5-20(6-4-18)17-31-2/h3-8,13,19H,9-12,14-17H2,1-2H3,(H,27,30). The van der Waals surface area contributed by atoms with E-state index in [4.69, 9.17) is 4.74 Å². The van der Waals surface area contributed by atoms with E-state index in [0.717, 1.165) is 43.1 Å². The predicted molar refractivity (Wildman–Crippen MR) is 116 cm³/mol. The van der Waals surface area contributed by atoms with Crippen molar-refractivity contribution in [3.05, 3.63) is 70.8 Å². The largest absolute Gasteiger partial charge is 0.380 e. The van der Waals surface area contributed by atoms with Gasteiger partial charge in [0.15, 0.2) is 0 Å². The van der Waals surface area contributed by atoms with Gasteiger partial charge < -0.3 is 19.9 Å². The van der Waals surface area contributed by atoms with Crippen LogP contribution < -0.4 is 5.32 Å². The Hall–Kier alpha value is -2.51. The van der Waals surface area contributed by atoms with Gasteiger partial charge in [-0.15, -0.1) is 0 Å². The van der Waals surface area contributed by atoms with Crippen LogP contribution in [0.2, 0.25) is 0 Å². The summed E-state index contributed by atoms with van der Waals surface area (Å²) in [7, 11) is 3.74. The normalized spacial score (nSPS) is 15.1. The van der Waals surface area contributed by atoms with Gasteiger partial charge in [-0.3, -0.25) is 0 Å². The zero-order valence-corrected chi connectivity index (χ0v) is 18.2. The van der Waals surface area contributed by atoms with Gasteiger partial charge in [0.05, 0.1) is 13.2 Å². The molecule has 2 amide bonds. The Morgan fingerprint density at radius 1 is 1.13 bits per heavy atom. The van der Waals surface area contributed by atoms with Crippen LogP contribution in [0, 0.1) is 17.6 Å². The average Bonchev–Trinajstić information content (AvgIpc) is 2.76. The monoisotopic (exact) mass is 431 g/mol. The highest BCUT2D eigenvalue weighted by Gasteiger charge is 2.23. The Morgan fingerprint density at radius 3 is 2.45 bits per heavy atom. The number of hydrogen-bond donors (Lipinski definition) is 1. The van der Waals surface area contributed by atoms with E-state index in [1.165, 1.54) is 12.1 Å². The van der Waals surface area contributed by atoms with E-state index in [0.29, 0.717) is 31.2 Å². The number of halogens is 2. The number of urea groups is 1. The summed E-state index contributed by atoms with van der Waals surface area (Å²) >= 11 is 0. The van der Waals surface area contributed by atoms with Crippen LogP contribution in [0.5, 0.6) is 0 Å². The summed E-state index contributed by atoms with van der Waals surface area (Å²) in [6.07, 6.45) is 1.99. The molecule has 7 heteroatoms. The zero-order valence-electron chi connectivity index (χ0n) is 18.2. The first kappa shape index (κ1) is 23.2. The van der Waals surface area contributed by atoms with Crippen molar-refractivity contribution in [3.63, 3.8) is 0 Å². The van der Waals surface area contributed by atoms with Crippen LogP contribution >= 0.6 is 0 Å². The Balaban J connectivity index is 1.65. The molecule has 0 aliphatic carbocycles. The Labute approximate surface area is 183 Å². The van der Waals surface area contributed by atoms with Crippen molar-refractivity contribution < 1.29 is 18.3 Å². The van der Waals surface area contributed by atoms with E-state index < -0.39 is 11.6 Å². The number of rotatable bonds is 8. The molecule has 1 aliphatic rings. The first-order valence-corrected chi connectivity index (χ1v) is 10.7. The topological polar surface area (TPSA) is 44.8 Å². The molecule has 31 heavy (non-hydrogen) atoms. The van der Waals surface area contributed by atoms with Crippen LogP contribution in [0.15, 0.2) is 42.5 Å². The second-order valence-corrected chi connectivity index (χ2v) is 8.27. The van der Waals surface area contributed by atoms with Crippen molar-refractivity contribution in [2.24, 2.45) is 5.92 Å². The van der Waals surface area contributed by atoms with Gasteiger partial charge in [0.2, 0.25) is 0 Å². The number of benzene rings is 2. The minimum Gasteiger partial charge on any atom is -0.380 e. The minimum atomic E-state index is -0.630. The van der Waals surface area contributed by atoms with Gasteiger partial charge in [-0.05, 0) is 56.1 Å². The maximum Gasteiger partial charge on any atom is 0.317 e. The number of methoxy groups -OCH3 is 1. The number of carbonyl (C=O) groups excluding carboxylic acids is 1. The molecule has 1 aliphatic heterocycles. The summed E-state index contributed by atoms with van der Waals surface area (Å²) in [5.41, 5.74) is 2.35. The lowest BCUT2D eigenvalue weighted by Gasteiger charge is -2.33. The molecule has 0 spiro atoms. The van der Waals surface area contributed by atoms with Crippen molar-refractivity contribution in [2.45, 2.75) is 32.5 Å². The predicted octanol–water partition coefficient (Wildman–Crippen LogP) is 4.16. The number of nitrogens with zero attached hydrogens (tertiary/aromatic N) is 2. The Kier molecular flexibility index (Phi) is 8.37. The maximum absolute atomic E-state index is 14.2. The molecule has 0 unspecified atom stereocenters. The Morgan fingerprint density at radius 2 is 1.81 bits per heavy atom. The molecule has 1 N–H and O–H groups in total. The SMILES string of the molecule is COCc1ccc(CNC(=O)N(Cc2ccc(F)cc2F)CC2CCN(C)CC2)cc1. The van der Waals surface area contributed by atoms with E-state index in [-0.39, 0.29) is 12.6 Å². The number of ether oxygens (including phenoxy) is 1. The second-order valence-electron chi connectivity index (χ2n) is 8.27. The van der Waals surface area contributed by atoms with E-state index >= 15 is 0 Å². The van der Waals surface area contributed by atoms with Gasteiger partial charge in [0, 0.05) is 31.8 Å². The molecule has 0 saturated carbocycles. The second kappa shape index (κ2) is 11.2. The molecule has 1 heterocycles. The van der Waals surface area contributed by atoms with Crippen molar-refractivity contribution in [3.8, 4) is 0 Å². The zero-order chi connectivity index (χ0) is 22.2. The molecule has 1 saturated heterocycles. The van der Waals surface area contributed by atoms with Crippen LogP contribution in [-0.2, 0) is 24.4 Å². The first-order valence-electron chi connectivity index (χ1n) is 10.7. The van der Waals surface area contributed by atoms with Crippen molar-refractivity contribution in [1.29, 1.82) is 0 Å². The molecule has 2 aromatic carbocycles. The summed E-state index contributed by atoms with van der Waals surface area (Å²) in [6, 6.07) is 11.1. The average molecular weight is 432 g/mol. The van der Waals surface area contributed by atoms with Crippen LogP contribution in [-0.4, -0.2) is 49.6 Å². The quantitative estimate of drug-likeness (QED) is 0.683. The number of likely N-dealkylation sites (tertiary alicyclic amines) is 1. The lowest BCUT2D eigenvalue weighted by atomic mass is 9.96. The van der Waals surface area contributed by atoms with Gasteiger partial charge >= 0.3 is 6.03 Å². The number of amides is 2. The van der Waals surface area contributed by atoms with E-state index in [2.05, 4.69) is 17.3 Å². The van der Waals surface area contributed by atoms with Crippen LogP contribution in [0.1, 0.15) is 29.5 Å². The van der Waals surface area contributed by atoms with Gasteiger partial charge in [0.1, 0.15) is 11.6 Å². The van der Waals surface area contributed by atoms with E-state index in [1.807, 2.05) is 24.3 Å². The van der Waals surface area contributed by atoms with Crippen molar-refractivity contribution in [2.75, 3.05) is 33.8 Å². The first-order chi connectivity index (χ1) is 14.9. The minimum absolute atomic E-state index is 0.108. The van der Waals surface area contributed by atoms with Gasteiger partial charge in [-0.25, -0.2) is 13.6 Å². The summed E-state index contributed by atoms with van der Waals surface area (Å²) in [6.45, 7) is 3.54. The molecule has 0 atom stereocenters. The third-order valence-corrected chi connectivity index (χ3v) is 5.76. The molecule has 168 valence electrons. The van der Waals surface area contributed by atoms with Crippen molar-refractivity contribution in [1.82, 2.24) is 15.1 Å². The lowest BCUT2D eigenvalue weighted by Crippen LogP contribution is -2.44. The molecule has 5 nitrogen and oxygen atoms in total. The van der Waals surface area contributed by atoms with Gasteiger partial charge in [-0.1, -0.05) is 30.3 Å². The highest BCUT2D eigenvalue weighted by atomic mass is 19.1. The molecule has 3 rings (SSSR count). The van der Waals surface area contributed by atoms with Gasteiger partial charge in [-0.2, -0.15) is 0 Å². The molecule has 0 aromatic heterocycles. The summed E-state index contributed by atoms with van der Waals surface area (Å²) in [5, 5.41) is 2.95. The Bertz CT molecular complexity index is 852. The lowest BCUT2D eigenvalue weighted by molar-refractivity contribution is 0.154. The van der Waals surface area contributed by atoms with Crippen molar-refractivity contribution >= 4 is 6.03 Å².